The van der Waals surface area contributed by atoms with Gasteiger partial charge in [-0.1, -0.05) is 0 Å². The van der Waals surface area contributed by atoms with Gasteiger partial charge < -0.3 is 19.8 Å². The van der Waals surface area contributed by atoms with Crippen LogP contribution in [0, 0.1) is 0 Å². The molecule has 134 valence electrons. The number of rotatable bonds is 4. The van der Waals surface area contributed by atoms with Crippen molar-refractivity contribution in [2.75, 3.05) is 7.11 Å². The number of ether oxygens (including phenoxy) is 2. The predicted molar refractivity (Wildman–Crippen MR) is 91.2 cm³/mol. The van der Waals surface area contributed by atoms with E-state index in [4.69, 9.17) is 9.47 Å². The van der Waals surface area contributed by atoms with Crippen molar-refractivity contribution in [1.82, 2.24) is 15.3 Å². The first-order valence-electron chi connectivity index (χ1n) is 7.73. The molecule has 1 amide bonds. The molecule has 0 aliphatic heterocycles. The number of carbonyl (C=O) groups excluding carboxylic acids is 2. The van der Waals surface area contributed by atoms with E-state index in [-0.39, 0.29) is 12.0 Å². The van der Waals surface area contributed by atoms with Crippen LogP contribution in [0.2, 0.25) is 0 Å². The van der Waals surface area contributed by atoms with E-state index in [0.717, 1.165) is 5.39 Å². The molecule has 0 aliphatic carbocycles. The number of alkyl carbamates (subject to hydrolysis) is 1. The number of methoxy groups -OCH3 is 1. The number of aromatic amines is 1. The molecule has 0 aromatic carbocycles. The van der Waals surface area contributed by atoms with Crippen molar-refractivity contribution in [2.45, 2.75) is 38.8 Å². The van der Waals surface area contributed by atoms with Crippen molar-refractivity contribution < 1.29 is 19.1 Å². The Balaban J connectivity index is 2.25. The topological polar surface area (TPSA) is 110 Å². The maximum atomic E-state index is 12.2. The molecule has 8 heteroatoms. The Kier molecular flexibility index (Phi) is 5.41. The predicted octanol–water partition coefficient (Wildman–Crippen LogP) is 1.53. The summed E-state index contributed by atoms with van der Waals surface area (Å²) in [6, 6.07) is 2.26. The van der Waals surface area contributed by atoms with E-state index in [2.05, 4.69) is 15.3 Å². The molecule has 0 saturated carbocycles. The Bertz CT molecular complexity index is 838. The standard InChI is InChI=1S/C17H21N3O5/c1-17(2,3)25-16(23)20-13(15(22)24-4)8-10-7-11-9-18-6-5-12(11)19-14(10)21/h5-7,9,13H,8H2,1-4H3,(H,19,21)(H,20,23)/t13-/m1/s1. The van der Waals surface area contributed by atoms with E-state index in [0.29, 0.717) is 11.1 Å². The number of esters is 1. The molecule has 0 saturated heterocycles. The van der Waals surface area contributed by atoms with Crippen molar-refractivity contribution in [3.8, 4) is 0 Å². The fourth-order valence-electron chi connectivity index (χ4n) is 2.25. The van der Waals surface area contributed by atoms with Crippen LogP contribution < -0.4 is 10.9 Å². The van der Waals surface area contributed by atoms with Crippen molar-refractivity contribution in [2.24, 2.45) is 0 Å². The molecular weight excluding hydrogens is 326 g/mol. The lowest BCUT2D eigenvalue weighted by atomic mass is 10.1. The monoisotopic (exact) mass is 347 g/mol. The summed E-state index contributed by atoms with van der Waals surface area (Å²) >= 11 is 0. The van der Waals surface area contributed by atoms with E-state index in [1.54, 1.807) is 45.3 Å². The molecule has 1 atom stereocenters. The first-order valence-corrected chi connectivity index (χ1v) is 7.73. The highest BCUT2D eigenvalue weighted by Gasteiger charge is 2.26. The Morgan fingerprint density at radius 1 is 1.36 bits per heavy atom. The SMILES string of the molecule is COC(=O)[C@@H](Cc1cc2cnccc2[nH]c1=O)NC(=O)OC(C)(C)C. The number of carbonyl (C=O) groups is 2. The fourth-order valence-corrected chi connectivity index (χ4v) is 2.25. The highest BCUT2D eigenvalue weighted by atomic mass is 16.6. The molecule has 2 aromatic heterocycles. The van der Waals surface area contributed by atoms with E-state index in [1.807, 2.05) is 0 Å². The molecule has 0 fully saturated rings. The molecule has 2 aromatic rings. The minimum atomic E-state index is -1.05. The summed E-state index contributed by atoms with van der Waals surface area (Å²) < 4.78 is 9.86. The fraction of sp³-hybridized carbons (Fsp3) is 0.412. The highest BCUT2D eigenvalue weighted by molar-refractivity contribution is 5.82. The van der Waals surface area contributed by atoms with Gasteiger partial charge in [-0.15, -0.1) is 0 Å². The Labute approximate surface area is 144 Å². The second kappa shape index (κ2) is 7.33. The zero-order valence-corrected chi connectivity index (χ0v) is 14.6. The quantitative estimate of drug-likeness (QED) is 0.812. The van der Waals surface area contributed by atoms with Crippen LogP contribution in [-0.4, -0.2) is 40.8 Å². The molecule has 2 heterocycles. The van der Waals surface area contributed by atoms with Gasteiger partial charge in [0.1, 0.15) is 11.6 Å². The van der Waals surface area contributed by atoms with Crippen LogP contribution in [0.1, 0.15) is 26.3 Å². The van der Waals surface area contributed by atoms with Gasteiger partial charge in [0, 0.05) is 29.8 Å². The molecule has 2 rings (SSSR count). The van der Waals surface area contributed by atoms with E-state index < -0.39 is 23.7 Å². The van der Waals surface area contributed by atoms with Gasteiger partial charge in [0.2, 0.25) is 0 Å². The summed E-state index contributed by atoms with van der Waals surface area (Å²) in [5, 5.41) is 3.16. The third kappa shape index (κ3) is 5.03. The summed E-state index contributed by atoms with van der Waals surface area (Å²) in [5.74, 6) is -0.670. The first kappa shape index (κ1) is 18.4. The number of amides is 1. The summed E-state index contributed by atoms with van der Waals surface area (Å²) in [4.78, 5) is 42.9. The lowest BCUT2D eigenvalue weighted by molar-refractivity contribution is -0.143. The van der Waals surface area contributed by atoms with Gasteiger partial charge in [0.15, 0.2) is 0 Å². The highest BCUT2D eigenvalue weighted by Crippen LogP contribution is 2.11. The molecule has 8 nitrogen and oxygen atoms in total. The number of fused-ring (bicyclic) bond motifs is 1. The van der Waals surface area contributed by atoms with E-state index in [9.17, 15) is 14.4 Å². The lowest BCUT2D eigenvalue weighted by Crippen LogP contribution is -2.45. The number of H-pyrrole nitrogens is 1. The normalized spacial score (nSPS) is 12.5. The molecule has 0 bridgehead atoms. The molecule has 2 N–H and O–H groups in total. The van der Waals surface area contributed by atoms with Crippen LogP contribution in [0.25, 0.3) is 10.9 Å². The van der Waals surface area contributed by atoms with Crippen LogP contribution in [0.5, 0.6) is 0 Å². The second-order valence-electron chi connectivity index (χ2n) is 6.51. The third-order valence-electron chi connectivity index (χ3n) is 3.32. The zero-order valence-electron chi connectivity index (χ0n) is 14.6. The van der Waals surface area contributed by atoms with Gasteiger partial charge in [0.25, 0.3) is 5.56 Å². The first-order chi connectivity index (χ1) is 11.7. The summed E-state index contributed by atoms with van der Waals surface area (Å²) in [6.45, 7) is 5.13. The number of nitrogens with zero attached hydrogens (tertiary/aromatic N) is 1. The molecule has 0 aliphatic rings. The van der Waals surface area contributed by atoms with E-state index in [1.165, 1.54) is 7.11 Å². The Morgan fingerprint density at radius 3 is 2.72 bits per heavy atom. The van der Waals surface area contributed by atoms with Gasteiger partial charge in [-0.05, 0) is 32.9 Å². The Morgan fingerprint density at radius 2 is 2.08 bits per heavy atom. The second-order valence-corrected chi connectivity index (χ2v) is 6.51. The van der Waals surface area contributed by atoms with Gasteiger partial charge in [-0.25, -0.2) is 9.59 Å². The average molecular weight is 347 g/mol. The van der Waals surface area contributed by atoms with Gasteiger partial charge in [0.05, 0.1) is 12.6 Å². The summed E-state index contributed by atoms with van der Waals surface area (Å²) in [7, 11) is 1.21. The van der Waals surface area contributed by atoms with Crippen LogP contribution >= 0.6 is 0 Å². The molecule has 0 unspecified atom stereocenters. The van der Waals surface area contributed by atoms with Crippen LogP contribution in [0.15, 0.2) is 29.3 Å². The molecular formula is C17H21N3O5. The van der Waals surface area contributed by atoms with Gasteiger partial charge in [-0.3, -0.25) is 9.78 Å². The largest absolute Gasteiger partial charge is 0.467 e. The smallest absolute Gasteiger partial charge is 0.408 e. The lowest BCUT2D eigenvalue weighted by Gasteiger charge is -2.22. The average Bonchev–Trinajstić information content (AvgIpc) is 2.52. The number of pyridine rings is 2. The van der Waals surface area contributed by atoms with Crippen molar-refractivity contribution >= 4 is 23.0 Å². The van der Waals surface area contributed by atoms with Crippen LogP contribution in [-0.2, 0) is 20.7 Å². The van der Waals surface area contributed by atoms with Crippen LogP contribution in [0.3, 0.4) is 0 Å². The molecule has 0 radical (unpaired) electrons. The summed E-state index contributed by atoms with van der Waals surface area (Å²) in [5.41, 5.74) is -0.0966. The molecule has 0 spiro atoms. The Hall–Kier alpha value is -2.90. The maximum Gasteiger partial charge on any atom is 0.408 e. The minimum absolute atomic E-state index is 0.0356. The summed E-state index contributed by atoms with van der Waals surface area (Å²) in [6.07, 6.45) is 2.37. The number of nitrogens with one attached hydrogen (secondary N) is 2. The van der Waals surface area contributed by atoms with E-state index >= 15 is 0 Å². The third-order valence-corrected chi connectivity index (χ3v) is 3.32. The van der Waals surface area contributed by atoms with Gasteiger partial charge >= 0.3 is 12.1 Å². The number of aromatic nitrogens is 2. The maximum absolute atomic E-state index is 12.2. The number of hydrogen-bond donors (Lipinski definition) is 2. The molecule has 25 heavy (non-hydrogen) atoms. The van der Waals surface area contributed by atoms with Crippen molar-refractivity contribution in [1.29, 1.82) is 0 Å². The van der Waals surface area contributed by atoms with Crippen molar-refractivity contribution in [3.05, 3.63) is 40.4 Å². The zero-order chi connectivity index (χ0) is 18.6. The van der Waals surface area contributed by atoms with Crippen LogP contribution in [0.4, 0.5) is 4.79 Å². The van der Waals surface area contributed by atoms with Crippen molar-refractivity contribution in [3.63, 3.8) is 0 Å². The number of hydrogen-bond acceptors (Lipinski definition) is 6. The minimum Gasteiger partial charge on any atom is -0.467 e. The van der Waals surface area contributed by atoms with Gasteiger partial charge in [-0.2, -0.15) is 0 Å².